The maximum Gasteiger partial charge on any atom is 0.573 e. The van der Waals surface area contributed by atoms with E-state index in [0.29, 0.717) is 43.1 Å². The minimum Gasteiger partial charge on any atom is -0.489 e. The van der Waals surface area contributed by atoms with Crippen LogP contribution in [0.1, 0.15) is 29.7 Å². The number of esters is 1. The van der Waals surface area contributed by atoms with Gasteiger partial charge in [-0.3, -0.25) is 4.79 Å². The van der Waals surface area contributed by atoms with Crippen molar-refractivity contribution >= 4 is 5.97 Å². The zero-order chi connectivity index (χ0) is 25.4. The summed E-state index contributed by atoms with van der Waals surface area (Å²) in [4.78, 5) is 15.6. The van der Waals surface area contributed by atoms with Crippen molar-refractivity contribution in [2.45, 2.75) is 39.6 Å². The number of allylic oxidation sites excluding steroid dienone is 1. The molecule has 0 spiro atoms. The van der Waals surface area contributed by atoms with Crippen molar-refractivity contribution in [3.8, 4) is 22.9 Å². The fraction of sp³-hybridized carbons (Fsp3) is 0.308. The fourth-order valence-electron chi connectivity index (χ4n) is 3.47. The first-order chi connectivity index (χ1) is 16.7. The SMILES string of the molecule is COC(=O)CC/C=C/COc1ccc(C)cc1Cn1c(C)cnc1-c1ccc(OC(F)(F)F)cc1. The maximum absolute atomic E-state index is 12.5. The fourth-order valence-corrected chi connectivity index (χ4v) is 3.47. The third-order valence-electron chi connectivity index (χ3n) is 5.19. The van der Waals surface area contributed by atoms with E-state index in [1.807, 2.05) is 48.8 Å². The summed E-state index contributed by atoms with van der Waals surface area (Å²) in [5.74, 6) is 0.785. The minimum atomic E-state index is -4.74. The van der Waals surface area contributed by atoms with Gasteiger partial charge in [-0.2, -0.15) is 0 Å². The molecule has 0 aliphatic rings. The van der Waals surface area contributed by atoms with E-state index < -0.39 is 6.36 Å². The van der Waals surface area contributed by atoms with Crippen molar-refractivity contribution < 1.29 is 32.2 Å². The standard InChI is InChI=1S/C26H27F3N2O4/c1-18-8-13-23(34-14-6-4-5-7-24(32)33-3)21(15-18)17-31-19(2)16-30-25(31)20-9-11-22(12-10-20)35-26(27,28)29/h4,6,8-13,15-16H,5,7,14,17H2,1-3H3/b6-4+. The Morgan fingerprint density at radius 1 is 1.09 bits per heavy atom. The molecule has 0 unspecified atom stereocenters. The molecule has 0 radical (unpaired) electrons. The van der Waals surface area contributed by atoms with Crippen LogP contribution in [0.3, 0.4) is 0 Å². The molecule has 3 rings (SSSR count). The van der Waals surface area contributed by atoms with Crippen LogP contribution in [0, 0.1) is 13.8 Å². The summed E-state index contributed by atoms with van der Waals surface area (Å²) < 4.78 is 53.9. The average molecular weight is 489 g/mol. The van der Waals surface area contributed by atoms with Crippen LogP contribution in [-0.2, 0) is 16.1 Å². The van der Waals surface area contributed by atoms with Crippen molar-refractivity contribution in [2.24, 2.45) is 0 Å². The molecular formula is C26H27F3N2O4. The first-order valence-electron chi connectivity index (χ1n) is 11.0. The molecule has 2 aromatic carbocycles. The molecule has 6 nitrogen and oxygen atoms in total. The third kappa shape index (κ3) is 7.63. The van der Waals surface area contributed by atoms with Gasteiger partial charge in [0.15, 0.2) is 0 Å². The molecule has 9 heteroatoms. The van der Waals surface area contributed by atoms with Crippen LogP contribution in [0.5, 0.6) is 11.5 Å². The van der Waals surface area contributed by atoms with E-state index in [2.05, 4.69) is 14.5 Å². The second-order valence-electron chi connectivity index (χ2n) is 7.89. The molecule has 3 aromatic rings. The molecule has 0 aliphatic carbocycles. The van der Waals surface area contributed by atoms with Gasteiger partial charge in [-0.15, -0.1) is 13.2 Å². The Hall–Kier alpha value is -3.75. The lowest BCUT2D eigenvalue weighted by Crippen LogP contribution is -2.17. The zero-order valence-electron chi connectivity index (χ0n) is 19.8. The van der Waals surface area contributed by atoms with Gasteiger partial charge in [0.2, 0.25) is 0 Å². The van der Waals surface area contributed by atoms with Crippen LogP contribution in [0.4, 0.5) is 13.2 Å². The smallest absolute Gasteiger partial charge is 0.489 e. The predicted molar refractivity (Wildman–Crippen MR) is 125 cm³/mol. The highest BCUT2D eigenvalue weighted by Crippen LogP contribution is 2.28. The van der Waals surface area contributed by atoms with Crippen molar-refractivity contribution in [1.82, 2.24) is 9.55 Å². The Labute approximate surface area is 202 Å². The normalized spacial score (nSPS) is 11.6. The summed E-state index contributed by atoms with van der Waals surface area (Å²) in [6.07, 6.45) is 1.58. The number of ether oxygens (including phenoxy) is 3. The largest absolute Gasteiger partial charge is 0.573 e. The van der Waals surface area contributed by atoms with Gasteiger partial charge in [-0.1, -0.05) is 29.8 Å². The van der Waals surface area contributed by atoms with Crippen LogP contribution < -0.4 is 9.47 Å². The van der Waals surface area contributed by atoms with Gasteiger partial charge in [-0.25, -0.2) is 4.98 Å². The van der Waals surface area contributed by atoms with E-state index in [9.17, 15) is 18.0 Å². The molecular weight excluding hydrogens is 461 g/mol. The molecule has 0 atom stereocenters. The quantitative estimate of drug-likeness (QED) is 0.259. The van der Waals surface area contributed by atoms with Crippen molar-refractivity contribution in [2.75, 3.05) is 13.7 Å². The third-order valence-corrected chi connectivity index (χ3v) is 5.19. The Bertz CT molecular complexity index is 1170. The number of aromatic nitrogens is 2. The second-order valence-corrected chi connectivity index (χ2v) is 7.89. The number of hydrogen-bond donors (Lipinski definition) is 0. The summed E-state index contributed by atoms with van der Waals surface area (Å²) in [7, 11) is 1.36. The van der Waals surface area contributed by atoms with Gasteiger partial charge in [0.05, 0.1) is 13.7 Å². The van der Waals surface area contributed by atoms with E-state index in [4.69, 9.17) is 4.74 Å². The topological polar surface area (TPSA) is 62.6 Å². The number of hydrogen-bond acceptors (Lipinski definition) is 5. The molecule has 0 aliphatic heterocycles. The van der Waals surface area contributed by atoms with Crippen LogP contribution >= 0.6 is 0 Å². The number of imidazole rings is 1. The number of benzene rings is 2. The summed E-state index contributed by atoms with van der Waals surface area (Å²) in [5, 5.41) is 0. The number of nitrogens with zero attached hydrogens (tertiary/aromatic N) is 2. The molecule has 35 heavy (non-hydrogen) atoms. The van der Waals surface area contributed by atoms with Crippen molar-refractivity contribution in [3.63, 3.8) is 0 Å². The number of carbonyl (C=O) groups excluding carboxylic acids is 1. The second kappa shape index (κ2) is 11.6. The number of rotatable bonds is 10. The minimum absolute atomic E-state index is 0.259. The lowest BCUT2D eigenvalue weighted by atomic mass is 10.1. The first-order valence-corrected chi connectivity index (χ1v) is 11.0. The van der Waals surface area contributed by atoms with Gasteiger partial charge in [0.25, 0.3) is 0 Å². The van der Waals surface area contributed by atoms with Gasteiger partial charge in [0.1, 0.15) is 23.9 Å². The molecule has 0 fully saturated rings. The molecule has 0 saturated heterocycles. The molecule has 0 bridgehead atoms. The zero-order valence-corrected chi connectivity index (χ0v) is 19.8. The number of halogens is 3. The Morgan fingerprint density at radius 2 is 1.83 bits per heavy atom. The van der Waals surface area contributed by atoms with Gasteiger partial charge < -0.3 is 18.8 Å². The van der Waals surface area contributed by atoms with Gasteiger partial charge >= 0.3 is 12.3 Å². The molecule has 186 valence electrons. The summed E-state index contributed by atoms with van der Waals surface area (Å²) in [6.45, 7) is 4.71. The lowest BCUT2D eigenvalue weighted by Gasteiger charge is -2.15. The highest BCUT2D eigenvalue weighted by molar-refractivity contribution is 5.69. The molecule has 1 aromatic heterocycles. The maximum atomic E-state index is 12.5. The van der Waals surface area contributed by atoms with E-state index in [0.717, 1.165) is 16.8 Å². The first kappa shape index (κ1) is 25.9. The van der Waals surface area contributed by atoms with Gasteiger partial charge in [-0.05, 0) is 50.6 Å². The van der Waals surface area contributed by atoms with Crippen LogP contribution in [0.15, 0.2) is 60.8 Å². The highest BCUT2D eigenvalue weighted by atomic mass is 19.4. The van der Waals surface area contributed by atoms with Crippen molar-refractivity contribution in [3.05, 3.63) is 77.6 Å². The molecule has 0 amide bonds. The van der Waals surface area contributed by atoms with E-state index >= 15 is 0 Å². The van der Waals surface area contributed by atoms with E-state index in [-0.39, 0.29) is 11.7 Å². The van der Waals surface area contributed by atoms with E-state index in [1.54, 1.807) is 18.3 Å². The van der Waals surface area contributed by atoms with Crippen LogP contribution in [0.2, 0.25) is 0 Å². The number of aryl methyl sites for hydroxylation is 2. The average Bonchev–Trinajstić information content (AvgIpc) is 3.16. The lowest BCUT2D eigenvalue weighted by molar-refractivity contribution is -0.274. The molecule has 0 N–H and O–H groups in total. The summed E-state index contributed by atoms with van der Waals surface area (Å²) in [5.41, 5.74) is 3.56. The Morgan fingerprint density at radius 3 is 2.51 bits per heavy atom. The predicted octanol–water partition coefficient (Wildman–Crippen LogP) is 6.00. The number of alkyl halides is 3. The van der Waals surface area contributed by atoms with Gasteiger partial charge in [0, 0.05) is 29.4 Å². The van der Waals surface area contributed by atoms with Crippen molar-refractivity contribution in [1.29, 1.82) is 0 Å². The number of carbonyl (C=O) groups is 1. The molecule has 0 saturated carbocycles. The summed E-state index contributed by atoms with van der Waals surface area (Å²) in [6, 6.07) is 11.5. The number of methoxy groups -OCH3 is 1. The summed E-state index contributed by atoms with van der Waals surface area (Å²) >= 11 is 0. The highest BCUT2D eigenvalue weighted by Gasteiger charge is 2.31. The molecule has 1 heterocycles. The Kier molecular flexibility index (Phi) is 8.57. The van der Waals surface area contributed by atoms with Crippen LogP contribution in [-0.4, -0.2) is 35.6 Å². The Balaban J connectivity index is 1.75. The monoisotopic (exact) mass is 488 g/mol. The van der Waals surface area contributed by atoms with Crippen LogP contribution in [0.25, 0.3) is 11.4 Å². The van der Waals surface area contributed by atoms with E-state index in [1.165, 1.54) is 19.2 Å².